The Balaban J connectivity index is 2.72. The van der Waals surface area contributed by atoms with Gasteiger partial charge in [0.1, 0.15) is 6.61 Å². The molecule has 5 heteroatoms. The number of aryl methyl sites for hydroxylation is 2. The second kappa shape index (κ2) is 8.55. The number of benzene rings is 1. The van der Waals surface area contributed by atoms with Crippen LogP contribution in [0.5, 0.6) is 0 Å². The maximum absolute atomic E-state index is 12.0. The van der Waals surface area contributed by atoms with Gasteiger partial charge in [0.05, 0.1) is 0 Å². The second-order valence-corrected chi connectivity index (χ2v) is 5.23. The highest BCUT2D eigenvalue weighted by Gasteiger charge is 2.14. The number of hydrogen-bond acceptors (Lipinski definition) is 2. The van der Waals surface area contributed by atoms with Crippen LogP contribution in [0.1, 0.15) is 36.1 Å². The molecule has 1 rings (SSSR count). The predicted octanol–water partition coefficient (Wildman–Crippen LogP) is 4.28. The number of nitrogens with one attached hydrogen (secondary N) is 1. The number of hydrogen-bond donors (Lipinski definition) is 1. The van der Waals surface area contributed by atoms with Crippen LogP contribution in [0.3, 0.4) is 0 Å². The van der Waals surface area contributed by atoms with Gasteiger partial charge >= 0.3 is 0 Å². The van der Waals surface area contributed by atoms with Crippen LogP contribution in [-0.2, 0) is 4.74 Å². The standard InChI is InChI=1S/C15H22ClF2NO/c1-4-19-14(5-6-20-9-15(17)18)12-7-11(3)13(16)8-10(12)2/h7-8,14-15,19H,4-6,9H2,1-3H3. The lowest BCUT2D eigenvalue weighted by molar-refractivity contribution is 0.0144. The van der Waals surface area contributed by atoms with E-state index in [1.54, 1.807) is 0 Å². The van der Waals surface area contributed by atoms with Crippen molar-refractivity contribution in [3.63, 3.8) is 0 Å². The second-order valence-electron chi connectivity index (χ2n) is 4.82. The Morgan fingerprint density at radius 1 is 1.25 bits per heavy atom. The summed E-state index contributed by atoms with van der Waals surface area (Å²) in [5.41, 5.74) is 3.26. The van der Waals surface area contributed by atoms with E-state index in [-0.39, 0.29) is 6.04 Å². The van der Waals surface area contributed by atoms with Crippen molar-refractivity contribution >= 4 is 11.6 Å². The van der Waals surface area contributed by atoms with Gasteiger partial charge in [0.25, 0.3) is 6.43 Å². The molecule has 1 N–H and O–H groups in total. The first-order chi connectivity index (χ1) is 9.45. The number of halogens is 3. The molecule has 0 saturated carbocycles. The Bertz CT molecular complexity index is 427. The van der Waals surface area contributed by atoms with E-state index in [1.807, 2.05) is 26.8 Å². The largest absolute Gasteiger partial charge is 0.375 e. The molecule has 2 nitrogen and oxygen atoms in total. The van der Waals surface area contributed by atoms with Crippen molar-refractivity contribution in [1.82, 2.24) is 5.32 Å². The first kappa shape index (κ1) is 17.3. The summed E-state index contributed by atoms with van der Waals surface area (Å²) in [6, 6.07) is 4.09. The molecule has 0 aliphatic rings. The summed E-state index contributed by atoms with van der Waals surface area (Å²) in [5.74, 6) is 0. The molecule has 0 amide bonds. The van der Waals surface area contributed by atoms with Gasteiger partial charge in [0, 0.05) is 17.7 Å². The summed E-state index contributed by atoms with van der Waals surface area (Å²) in [5, 5.41) is 4.11. The van der Waals surface area contributed by atoms with Crippen LogP contribution in [0.15, 0.2) is 12.1 Å². The monoisotopic (exact) mass is 305 g/mol. The number of rotatable bonds is 8. The molecule has 0 radical (unpaired) electrons. The molecule has 1 atom stereocenters. The number of alkyl halides is 2. The summed E-state index contributed by atoms with van der Waals surface area (Å²) >= 11 is 6.10. The molecule has 114 valence electrons. The normalized spacial score (nSPS) is 12.9. The van der Waals surface area contributed by atoms with Crippen molar-refractivity contribution in [2.24, 2.45) is 0 Å². The zero-order chi connectivity index (χ0) is 15.1. The van der Waals surface area contributed by atoms with Crippen molar-refractivity contribution in [2.45, 2.75) is 39.7 Å². The fourth-order valence-corrected chi connectivity index (χ4v) is 2.38. The van der Waals surface area contributed by atoms with Crippen LogP contribution in [0.2, 0.25) is 5.02 Å². The smallest absolute Gasteiger partial charge is 0.261 e. The Labute approximate surface area is 124 Å². The molecule has 20 heavy (non-hydrogen) atoms. The van der Waals surface area contributed by atoms with Gasteiger partial charge in [0.2, 0.25) is 0 Å². The van der Waals surface area contributed by atoms with Crippen molar-refractivity contribution in [3.05, 3.63) is 33.8 Å². The lowest BCUT2D eigenvalue weighted by Gasteiger charge is -2.21. The van der Waals surface area contributed by atoms with Crippen LogP contribution < -0.4 is 5.32 Å². The SMILES string of the molecule is CCNC(CCOCC(F)F)c1cc(C)c(Cl)cc1C. The first-order valence-corrected chi connectivity index (χ1v) is 7.19. The summed E-state index contributed by atoms with van der Waals surface area (Å²) in [4.78, 5) is 0. The number of ether oxygens (including phenoxy) is 1. The molecule has 0 aliphatic carbocycles. The molecule has 0 aliphatic heterocycles. The van der Waals surface area contributed by atoms with Crippen molar-refractivity contribution < 1.29 is 13.5 Å². The van der Waals surface area contributed by atoms with Crippen LogP contribution >= 0.6 is 11.6 Å². The first-order valence-electron chi connectivity index (χ1n) is 6.81. The van der Waals surface area contributed by atoms with E-state index < -0.39 is 13.0 Å². The van der Waals surface area contributed by atoms with Crippen molar-refractivity contribution in [3.8, 4) is 0 Å². The highest BCUT2D eigenvalue weighted by molar-refractivity contribution is 6.31. The highest BCUT2D eigenvalue weighted by atomic mass is 35.5. The van der Waals surface area contributed by atoms with Crippen LogP contribution in [0.25, 0.3) is 0 Å². The Kier molecular flexibility index (Phi) is 7.41. The molecular weight excluding hydrogens is 284 g/mol. The van der Waals surface area contributed by atoms with Gasteiger partial charge in [-0.3, -0.25) is 0 Å². The zero-order valence-corrected chi connectivity index (χ0v) is 12.9. The topological polar surface area (TPSA) is 21.3 Å². The fourth-order valence-electron chi connectivity index (χ4n) is 2.17. The van der Waals surface area contributed by atoms with Crippen LogP contribution in [0.4, 0.5) is 8.78 Å². The lowest BCUT2D eigenvalue weighted by Crippen LogP contribution is -2.23. The molecule has 0 aromatic heterocycles. The van der Waals surface area contributed by atoms with Crippen molar-refractivity contribution in [1.29, 1.82) is 0 Å². The Morgan fingerprint density at radius 2 is 1.95 bits per heavy atom. The Hall–Kier alpha value is -0.710. The van der Waals surface area contributed by atoms with E-state index in [9.17, 15) is 8.78 Å². The van der Waals surface area contributed by atoms with Gasteiger partial charge in [0.15, 0.2) is 0 Å². The molecule has 0 fully saturated rings. The Morgan fingerprint density at radius 3 is 2.55 bits per heavy atom. The summed E-state index contributed by atoms with van der Waals surface area (Å²) < 4.78 is 29.0. The lowest BCUT2D eigenvalue weighted by atomic mass is 9.97. The minimum Gasteiger partial charge on any atom is -0.375 e. The average molecular weight is 306 g/mol. The molecule has 0 heterocycles. The van der Waals surface area contributed by atoms with E-state index >= 15 is 0 Å². The van der Waals surface area contributed by atoms with E-state index in [2.05, 4.69) is 11.4 Å². The average Bonchev–Trinajstić information content (AvgIpc) is 2.37. The van der Waals surface area contributed by atoms with Crippen molar-refractivity contribution in [2.75, 3.05) is 19.8 Å². The van der Waals surface area contributed by atoms with Gasteiger partial charge in [-0.1, -0.05) is 24.6 Å². The highest BCUT2D eigenvalue weighted by Crippen LogP contribution is 2.26. The zero-order valence-electron chi connectivity index (χ0n) is 12.2. The minimum absolute atomic E-state index is 0.0913. The van der Waals surface area contributed by atoms with E-state index in [1.165, 1.54) is 0 Å². The third-order valence-corrected chi connectivity index (χ3v) is 3.58. The van der Waals surface area contributed by atoms with E-state index in [4.69, 9.17) is 16.3 Å². The molecule has 0 spiro atoms. The molecular formula is C15H22ClF2NO. The van der Waals surface area contributed by atoms with Crippen LogP contribution in [0, 0.1) is 13.8 Å². The predicted molar refractivity (Wildman–Crippen MR) is 78.8 cm³/mol. The molecule has 0 saturated heterocycles. The van der Waals surface area contributed by atoms with E-state index in [0.717, 1.165) is 28.3 Å². The molecule has 1 unspecified atom stereocenters. The quantitative estimate of drug-likeness (QED) is 0.724. The molecule has 0 bridgehead atoms. The van der Waals surface area contributed by atoms with Gasteiger partial charge in [-0.05, 0) is 49.6 Å². The molecule has 1 aromatic carbocycles. The van der Waals surface area contributed by atoms with Gasteiger partial charge in [-0.2, -0.15) is 0 Å². The van der Waals surface area contributed by atoms with Gasteiger partial charge in [-0.25, -0.2) is 8.78 Å². The van der Waals surface area contributed by atoms with E-state index in [0.29, 0.717) is 13.0 Å². The summed E-state index contributed by atoms with van der Waals surface area (Å²) in [7, 11) is 0. The van der Waals surface area contributed by atoms with Gasteiger partial charge in [-0.15, -0.1) is 0 Å². The van der Waals surface area contributed by atoms with Gasteiger partial charge < -0.3 is 10.1 Å². The third-order valence-electron chi connectivity index (χ3n) is 3.17. The summed E-state index contributed by atoms with van der Waals surface area (Å²) in [6.07, 6.45) is -1.75. The maximum Gasteiger partial charge on any atom is 0.261 e. The maximum atomic E-state index is 12.0. The third kappa shape index (κ3) is 5.35. The summed E-state index contributed by atoms with van der Waals surface area (Å²) in [6.45, 7) is 6.60. The molecule has 1 aromatic rings. The minimum atomic E-state index is -2.41. The fraction of sp³-hybridized carbons (Fsp3) is 0.600. The van der Waals surface area contributed by atoms with Crippen LogP contribution in [-0.4, -0.2) is 26.2 Å².